The minimum Gasteiger partial charge on any atom is -0.399 e. The maximum Gasteiger partial charge on any atom is 0.118 e. The summed E-state index contributed by atoms with van der Waals surface area (Å²) in [5.74, 6) is 0. The molecule has 2 nitrogen and oxygen atoms in total. The van der Waals surface area contributed by atoms with Gasteiger partial charge in [-0.1, -0.05) is 53.7 Å². The van der Waals surface area contributed by atoms with Gasteiger partial charge in [-0.25, -0.2) is 0 Å². The molecule has 0 bridgehead atoms. The Morgan fingerprint density at radius 1 is 1.00 bits per heavy atom. The van der Waals surface area contributed by atoms with Gasteiger partial charge in [0.05, 0.1) is 0 Å². The Morgan fingerprint density at radius 3 is 2.59 bits per heavy atom. The predicted molar refractivity (Wildman–Crippen MR) is 116 cm³/mol. The quantitative estimate of drug-likeness (QED) is 0.280. The zero-order valence-electron chi connectivity index (χ0n) is 15.7. The summed E-state index contributed by atoms with van der Waals surface area (Å²) < 4.78 is 0. The number of hydrogen-bond donors (Lipinski definition) is 0. The van der Waals surface area contributed by atoms with Crippen LogP contribution in [-0.2, 0) is 11.3 Å². The third kappa shape index (κ3) is 3.60. The van der Waals surface area contributed by atoms with Crippen LogP contribution in [0.4, 0.5) is 0 Å². The zero-order valence-corrected chi connectivity index (χ0v) is 16.6. The van der Waals surface area contributed by atoms with Crippen molar-refractivity contribution in [3.8, 4) is 11.1 Å². The van der Waals surface area contributed by atoms with Gasteiger partial charge in [0.2, 0.25) is 0 Å². The van der Waals surface area contributed by atoms with E-state index in [0.29, 0.717) is 0 Å². The average molecular weight is 374 g/mol. The fraction of sp³-hybridized carbons (Fsp3) is 0.208. The molecule has 1 aromatic heterocycles. The normalized spacial score (nSPS) is 13.9. The first-order valence-corrected chi connectivity index (χ1v) is 10.2. The van der Waals surface area contributed by atoms with Gasteiger partial charge in [-0.15, -0.1) is 11.3 Å². The van der Waals surface area contributed by atoms with Gasteiger partial charge in [0.25, 0.3) is 0 Å². The van der Waals surface area contributed by atoms with E-state index >= 15 is 0 Å². The van der Waals surface area contributed by atoms with E-state index in [9.17, 15) is 0 Å². The molecule has 3 aromatic rings. The van der Waals surface area contributed by atoms with E-state index in [1.165, 1.54) is 33.6 Å². The lowest BCUT2D eigenvalue weighted by molar-refractivity contribution is 0.214. The first kappa shape index (κ1) is 17.7. The number of rotatable bonds is 6. The fourth-order valence-electron chi connectivity index (χ4n) is 3.66. The van der Waals surface area contributed by atoms with Crippen molar-refractivity contribution < 1.29 is 4.84 Å². The van der Waals surface area contributed by atoms with Gasteiger partial charge in [0, 0.05) is 16.0 Å². The minimum atomic E-state index is 0.922. The molecule has 0 atom stereocenters. The third-order valence-electron chi connectivity index (χ3n) is 5.05. The van der Waals surface area contributed by atoms with Crippen LogP contribution in [0.3, 0.4) is 0 Å². The zero-order chi connectivity index (χ0) is 18.6. The summed E-state index contributed by atoms with van der Waals surface area (Å²) in [6.45, 7) is 2.21. The summed E-state index contributed by atoms with van der Waals surface area (Å²) in [7, 11) is 1.60. The summed E-state index contributed by atoms with van der Waals surface area (Å²) in [6, 6.07) is 17.2. The van der Waals surface area contributed by atoms with Crippen LogP contribution < -0.4 is 0 Å². The lowest BCUT2D eigenvalue weighted by atomic mass is 10.0. The van der Waals surface area contributed by atoms with Crippen LogP contribution >= 0.6 is 11.3 Å². The Labute approximate surface area is 164 Å². The second kappa shape index (κ2) is 7.93. The number of fused-ring (bicyclic) bond motifs is 3. The molecule has 136 valence electrons. The molecule has 1 aliphatic carbocycles. The van der Waals surface area contributed by atoms with Crippen LogP contribution in [0, 0.1) is 6.92 Å². The monoisotopic (exact) mass is 373 g/mol. The second-order valence-corrected chi connectivity index (χ2v) is 7.89. The first-order valence-electron chi connectivity index (χ1n) is 9.33. The van der Waals surface area contributed by atoms with Crippen LogP contribution in [-0.4, -0.2) is 12.8 Å². The van der Waals surface area contributed by atoms with E-state index in [1.807, 2.05) is 17.4 Å². The van der Waals surface area contributed by atoms with Crippen molar-refractivity contribution in [3.63, 3.8) is 0 Å². The van der Waals surface area contributed by atoms with Crippen molar-refractivity contribution in [1.82, 2.24) is 0 Å². The summed E-state index contributed by atoms with van der Waals surface area (Å²) in [4.78, 5) is 6.55. The Balaban J connectivity index is 1.48. The van der Waals surface area contributed by atoms with Crippen LogP contribution in [0.5, 0.6) is 0 Å². The van der Waals surface area contributed by atoms with Gasteiger partial charge < -0.3 is 4.84 Å². The van der Waals surface area contributed by atoms with Gasteiger partial charge in [0.15, 0.2) is 0 Å². The number of hydrogen-bond acceptors (Lipinski definition) is 3. The molecule has 0 saturated heterocycles. The lowest BCUT2D eigenvalue weighted by Gasteiger charge is -2.03. The van der Waals surface area contributed by atoms with Gasteiger partial charge in [-0.3, -0.25) is 0 Å². The number of allylic oxidation sites excluding steroid dienone is 1. The maximum atomic E-state index is 5.11. The molecule has 2 aromatic carbocycles. The number of nitrogens with zero attached hydrogens (tertiary/aromatic N) is 1. The molecule has 4 rings (SSSR count). The number of oxime groups is 1. The second-order valence-electron chi connectivity index (χ2n) is 6.77. The molecule has 0 aliphatic heterocycles. The smallest absolute Gasteiger partial charge is 0.118 e. The Kier molecular flexibility index (Phi) is 5.21. The molecular weight excluding hydrogens is 350 g/mol. The van der Waals surface area contributed by atoms with Crippen molar-refractivity contribution in [2.24, 2.45) is 5.16 Å². The highest BCUT2D eigenvalue weighted by molar-refractivity contribution is 7.10. The predicted octanol–water partition coefficient (Wildman–Crippen LogP) is 6.47. The van der Waals surface area contributed by atoms with E-state index in [1.54, 1.807) is 7.11 Å². The number of aryl methyl sites for hydroxylation is 2. The molecule has 0 fully saturated rings. The standard InChI is InChI=1S/C24H23NOS/c1-17-19(14-15-27-17)9-5-3-4-8-18-12-13-21-20-10-6-7-11-22(20)24(25-26-2)23(21)16-18/h4,6-8,10-16H,3,5,9H2,1-2H3/b8-4+,25-24-. The summed E-state index contributed by atoms with van der Waals surface area (Å²) in [6.07, 6.45) is 7.92. The average Bonchev–Trinajstić information content (AvgIpc) is 3.23. The molecule has 0 N–H and O–H groups in total. The van der Waals surface area contributed by atoms with Gasteiger partial charge >= 0.3 is 0 Å². The Hall–Kier alpha value is -2.65. The van der Waals surface area contributed by atoms with Crippen molar-refractivity contribution in [1.29, 1.82) is 0 Å². The van der Waals surface area contributed by atoms with Crippen molar-refractivity contribution in [2.45, 2.75) is 26.2 Å². The van der Waals surface area contributed by atoms with E-state index < -0.39 is 0 Å². The minimum absolute atomic E-state index is 0.922. The number of benzene rings is 2. The molecule has 0 amide bonds. The summed E-state index contributed by atoms with van der Waals surface area (Å²) in [5, 5.41) is 6.47. The van der Waals surface area contributed by atoms with Crippen molar-refractivity contribution in [3.05, 3.63) is 87.1 Å². The Bertz CT molecular complexity index is 1010. The first-order chi connectivity index (χ1) is 13.3. The molecule has 0 saturated carbocycles. The van der Waals surface area contributed by atoms with Crippen LogP contribution in [0.15, 0.2) is 65.1 Å². The largest absolute Gasteiger partial charge is 0.399 e. The van der Waals surface area contributed by atoms with Gasteiger partial charge in [-0.05, 0) is 66.0 Å². The highest BCUT2D eigenvalue weighted by atomic mass is 32.1. The van der Waals surface area contributed by atoms with E-state index in [4.69, 9.17) is 4.84 Å². The SMILES string of the molecule is CO/N=C1/c2ccccc2-c2ccc(/C=C/CCCc3ccsc3C)cc21. The summed E-state index contributed by atoms with van der Waals surface area (Å²) in [5.41, 5.74) is 8.36. The number of thiophene rings is 1. The number of unbranched alkanes of at least 4 members (excludes halogenated alkanes) is 1. The van der Waals surface area contributed by atoms with Gasteiger partial charge in [-0.2, -0.15) is 0 Å². The highest BCUT2D eigenvalue weighted by Crippen LogP contribution is 2.37. The molecule has 0 spiro atoms. The Morgan fingerprint density at radius 2 is 1.81 bits per heavy atom. The van der Waals surface area contributed by atoms with Crippen molar-refractivity contribution >= 4 is 23.1 Å². The third-order valence-corrected chi connectivity index (χ3v) is 5.94. The maximum absolute atomic E-state index is 5.11. The van der Waals surface area contributed by atoms with E-state index in [0.717, 1.165) is 29.7 Å². The van der Waals surface area contributed by atoms with Crippen LogP contribution in [0.25, 0.3) is 17.2 Å². The molecule has 1 aliphatic rings. The molecule has 3 heteroatoms. The molecule has 0 unspecified atom stereocenters. The lowest BCUT2D eigenvalue weighted by Crippen LogP contribution is -1.99. The molecule has 27 heavy (non-hydrogen) atoms. The highest BCUT2D eigenvalue weighted by Gasteiger charge is 2.25. The van der Waals surface area contributed by atoms with Crippen molar-refractivity contribution in [2.75, 3.05) is 7.11 Å². The van der Waals surface area contributed by atoms with Crippen LogP contribution in [0.1, 0.15) is 40.0 Å². The van der Waals surface area contributed by atoms with Crippen LogP contribution in [0.2, 0.25) is 0 Å². The van der Waals surface area contributed by atoms with E-state index in [-0.39, 0.29) is 0 Å². The molecular formula is C24H23NOS. The van der Waals surface area contributed by atoms with E-state index in [2.05, 4.69) is 72.1 Å². The topological polar surface area (TPSA) is 21.6 Å². The molecule has 0 radical (unpaired) electrons. The fourth-order valence-corrected chi connectivity index (χ4v) is 4.41. The molecule has 1 heterocycles. The summed E-state index contributed by atoms with van der Waals surface area (Å²) >= 11 is 1.84. The van der Waals surface area contributed by atoms with Gasteiger partial charge in [0.1, 0.15) is 12.8 Å².